The van der Waals surface area contributed by atoms with Gasteiger partial charge in [0.15, 0.2) is 33.9 Å². The predicted molar refractivity (Wildman–Crippen MR) is 198 cm³/mol. The number of aromatic hydroxyl groups is 2. The number of nitrogens with two attached hydrogens (primary N) is 1. The smallest absolute Gasteiger partial charge is 0.350 e. The Bertz CT molecular complexity index is 2180. The van der Waals surface area contributed by atoms with E-state index < -0.39 is 104 Å². The van der Waals surface area contributed by atoms with Crippen LogP contribution in [0.4, 0.5) is 14.7 Å². The van der Waals surface area contributed by atoms with Gasteiger partial charge in [-0.05, 0) is 32.4 Å². The molecule has 0 spiro atoms. The van der Waals surface area contributed by atoms with Crippen LogP contribution < -0.4 is 20.6 Å². The molecule has 0 bridgehead atoms. The fourth-order valence-corrected chi connectivity index (χ4v) is 9.05. The van der Waals surface area contributed by atoms with E-state index in [2.05, 4.69) is 15.5 Å². The summed E-state index contributed by atoms with van der Waals surface area (Å²) in [7, 11) is -4.78. The van der Waals surface area contributed by atoms with Gasteiger partial charge < -0.3 is 41.2 Å². The number of carboxylic acids is 2. The highest BCUT2D eigenvalue weighted by molar-refractivity contribution is 8.02. The van der Waals surface area contributed by atoms with Crippen LogP contribution in [0, 0.1) is 5.92 Å². The van der Waals surface area contributed by atoms with Crippen LogP contribution in [0.15, 0.2) is 22.7 Å². The number of oxime groups is 1. The molecule has 3 aliphatic rings. The zero-order valence-electron chi connectivity index (χ0n) is 29.6. The minimum atomic E-state index is -4.78. The second-order valence-corrected chi connectivity index (χ2v) is 17.1. The number of anilines is 1. The zero-order chi connectivity index (χ0) is 42.2. The fraction of sp³-hybridized carbons (Fsp3) is 0.433. The van der Waals surface area contributed by atoms with E-state index in [0.29, 0.717) is 16.8 Å². The summed E-state index contributed by atoms with van der Waals surface area (Å²) < 4.78 is 27.1. The number of carbonyl (C=O) groups is 7. The van der Waals surface area contributed by atoms with E-state index in [9.17, 15) is 62.4 Å². The number of thiazole rings is 1. The number of Topliss-reactive ketones (excluding diaryl/α,β-unsaturated/α-hetero) is 2. The van der Waals surface area contributed by atoms with Crippen molar-refractivity contribution in [2.24, 2.45) is 11.1 Å². The van der Waals surface area contributed by atoms with Gasteiger partial charge in [0.2, 0.25) is 16.4 Å². The molecule has 4 heterocycles. The molecule has 308 valence electrons. The number of phenols is 2. The van der Waals surface area contributed by atoms with Crippen molar-refractivity contribution in [3.63, 3.8) is 0 Å². The summed E-state index contributed by atoms with van der Waals surface area (Å²) in [5.41, 5.74) is 3.29. The Morgan fingerprint density at radius 3 is 2.49 bits per heavy atom. The van der Waals surface area contributed by atoms with Gasteiger partial charge in [0.05, 0.1) is 29.4 Å². The molecule has 0 aliphatic carbocycles. The molecular formula is C30H34ClN9O14S3. The quantitative estimate of drug-likeness (QED) is 0.0261. The molecule has 3 aliphatic heterocycles. The topological polar surface area (TPSA) is 341 Å². The van der Waals surface area contributed by atoms with Crippen molar-refractivity contribution in [1.29, 1.82) is 0 Å². The molecule has 1 aromatic carbocycles. The molecule has 0 radical (unpaired) electrons. The summed E-state index contributed by atoms with van der Waals surface area (Å²) in [4.78, 5) is 100. The number of halogens is 1. The van der Waals surface area contributed by atoms with E-state index in [1.165, 1.54) is 25.3 Å². The number of aliphatic carboxylic acids is 2. The molecule has 27 heteroatoms. The molecular weight excluding hydrogens is 842 g/mol. The third-order valence-corrected chi connectivity index (χ3v) is 12.5. The largest absolute Gasteiger partial charge is 0.504 e. The van der Waals surface area contributed by atoms with Crippen LogP contribution in [0.25, 0.3) is 0 Å². The Hall–Kier alpha value is -5.44. The fourth-order valence-electron chi connectivity index (χ4n) is 5.72. The Morgan fingerprint density at radius 2 is 1.86 bits per heavy atom. The van der Waals surface area contributed by atoms with Crippen molar-refractivity contribution >= 4 is 97.2 Å². The lowest BCUT2D eigenvalue weighted by molar-refractivity contribution is -0.161. The highest BCUT2D eigenvalue weighted by Crippen LogP contribution is 2.53. The van der Waals surface area contributed by atoms with E-state index in [1.807, 2.05) is 4.83 Å². The minimum Gasteiger partial charge on any atom is -0.504 e. The van der Waals surface area contributed by atoms with Gasteiger partial charge in [0, 0.05) is 36.9 Å². The number of urea groups is 2. The first-order valence-electron chi connectivity index (χ1n) is 16.4. The first-order chi connectivity index (χ1) is 26.6. The van der Waals surface area contributed by atoms with E-state index in [-0.39, 0.29) is 53.9 Å². The molecule has 23 nitrogen and oxygen atoms in total. The van der Waals surface area contributed by atoms with E-state index in [0.717, 1.165) is 27.2 Å². The summed E-state index contributed by atoms with van der Waals surface area (Å²) in [6.45, 7) is 0.949. The molecule has 3 atom stereocenters. The molecule has 2 aromatic rings. The maximum Gasteiger partial charge on any atom is 0.350 e. The highest BCUT2D eigenvalue weighted by Gasteiger charge is 2.66. The second kappa shape index (κ2) is 16.2. The number of nitrogen functional groups attached to an aromatic ring is 1. The maximum atomic E-state index is 13.5. The third-order valence-electron chi connectivity index (χ3n) is 8.76. The number of aromatic nitrogens is 1. The van der Waals surface area contributed by atoms with Crippen molar-refractivity contribution < 1.29 is 67.2 Å². The monoisotopic (exact) mass is 875 g/mol. The molecule has 0 saturated carbocycles. The summed E-state index contributed by atoms with van der Waals surface area (Å²) in [5, 5.41) is 45.6. The van der Waals surface area contributed by atoms with E-state index >= 15 is 0 Å². The van der Waals surface area contributed by atoms with Gasteiger partial charge in [-0.1, -0.05) is 28.5 Å². The van der Waals surface area contributed by atoms with Crippen molar-refractivity contribution in [2.45, 2.75) is 49.0 Å². The number of ketones is 2. The van der Waals surface area contributed by atoms with E-state index in [4.69, 9.17) is 22.2 Å². The number of β-lactam (4-membered cyclic amide) rings is 1. The van der Waals surface area contributed by atoms with Crippen molar-refractivity contribution in [2.75, 3.05) is 31.9 Å². The number of hydrogen-bond acceptors (Lipinski definition) is 17. The number of rotatable bonds is 17. The minimum absolute atomic E-state index is 0.0109. The van der Waals surface area contributed by atoms with Gasteiger partial charge >= 0.3 is 34.2 Å². The second-order valence-electron chi connectivity index (χ2n) is 13.1. The number of hydrazine groups is 1. The average Bonchev–Trinajstić information content (AvgIpc) is 3.83. The average molecular weight is 876 g/mol. The Morgan fingerprint density at radius 1 is 1.16 bits per heavy atom. The number of phenolic OH excluding ortho intramolecular Hbond substituents is 2. The maximum absolute atomic E-state index is 13.5. The molecule has 3 saturated heterocycles. The molecule has 57 heavy (non-hydrogen) atoms. The number of fused-ring (bicyclic) bond motifs is 1. The lowest BCUT2D eigenvalue weighted by Crippen LogP contribution is -2.60. The van der Waals surface area contributed by atoms with Gasteiger partial charge in [-0.15, -0.1) is 16.2 Å². The van der Waals surface area contributed by atoms with Gasteiger partial charge in [0.25, 0.3) is 0 Å². The number of carboxylic acid groups (broad SMARTS) is 2. The van der Waals surface area contributed by atoms with Gasteiger partial charge in [0.1, 0.15) is 5.69 Å². The number of hydrogen-bond donors (Lipinski definition) is 8. The van der Waals surface area contributed by atoms with Crippen LogP contribution in [0.1, 0.15) is 49.2 Å². The van der Waals surface area contributed by atoms with Crippen LogP contribution in [-0.4, -0.2) is 138 Å². The highest BCUT2D eigenvalue weighted by atomic mass is 35.5. The van der Waals surface area contributed by atoms with Crippen LogP contribution in [-0.2, 0) is 34.2 Å². The lowest BCUT2D eigenvalue weighted by Gasteiger charge is -2.40. The van der Waals surface area contributed by atoms with Gasteiger partial charge in [-0.25, -0.2) is 33.9 Å². The number of benzene rings is 1. The van der Waals surface area contributed by atoms with Crippen LogP contribution in [0.5, 0.6) is 11.5 Å². The molecule has 1 unspecified atom stereocenters. The Balaban J connectivity index is 1.17. The zero-order valence-corrected chi connectivity index (χ0v) is 32.8. The molecule has 1 aromatic heterocycles. The number of carbonyl (C=O) groups excluding carboxylic acids is 5. The summed E-state index contributed by atoms with van der Waals surface area (Å²) in [6, 6.07) is -0.0885. The van der Waals surface area contributed by atoms with Gasteiger partial charge in [-0.2, -0.15) is 8.42 Å². The van der Waals surface area contributed by atoms with Crippen molar-refractivity contribution in [1.82, 2.24) is 34.7 Å². The van der Waals surface area contributed by atoms with Crippen LogP contribution >= 0.6 is 34.7 Å². The number of nitrogens with one attached hydrogen (secondary N) is 3. The molecule has 3 fully saturated rings. The molecule has 9 N–H and O–H groups in total. The molecule has 5 rings (SSSR count). The Kier molecular flexibility index (Phi) is 12.1. The third kappa shape index (κ3) is 8.78. The SMILES string of the molecule is CC(C)(O/N=C(\C(=O)CC1C(=O)N2C[C@@](C(=O)O)(N3CCN(NS(=O)(=O)NC(=O)NCCCC(=O)c4ccc(O)c(O)c4Cl)C3=O)S[C@H]12)c1csc(N)n1)C(=O)O. The van der Waals surface area contributed by atoms with Crippen molar-refractivity contribution in [3.05, 3.63) is 33.8 Å². The normalized spacial score (nSPS) is 20.9. The van der Waals surface area contributed by atoms with Crippen LogP contribution in [0.2, 0.25) is 5.02 Å². The summed E-state index contributed by atoms with van der Waals surface area (Å²) in [6.07, 6.45) is -0.703. The summed E-state index contributed by atoms with van der Waals surface area (Å²) in [5.74, 6) is -7.19. The number of nitrogens with zero attached hydrogens (tertiary/aromatic N) is 5. The predicted octanol–water partition coefficient (Wildman–Crippen LogP) is 0.0945. The first-order valence-corrected chi connectivity index (χ1v) is 20.1. The van der Waals surface area contributed by atoms with Crippen molar-refractivity contribution in [3.8, 4) is 11.5 Å². The first kappa shape index (κ1) is 42.7. The van der Waals surface area contributed by atoms with Crippen LogP contribution in [0.3, 0.4) is 0 Å². The molecule has 5 amide bonds. The Labute approximate surface area is 335 Å². The lowest BCUT2D eigenvalue weighted by atomic mass is 9.90. The van der Waals surface area contributed by atoms with Gasteiger partial charge in [-0.3, -0.25) is 19.3 Å². The number of thioether (sulfide) groups is 1. The summed E-state index contributed by atoms with van der Waals surface area (Å²) >= 11 is 7.52. The standard InChI is InChI=1S/C30H34ClN9O14S3/c1-29(2,24(46)47)54-35-20(15-11-55-26(32)34-15)18(43)10-14-22(45)38-12-30(25(48)49,56-23(14)38)39-8-9-40(28(39)51)37-57(52,53)36-27(50)33-7-3-4-16(41)13-5-6-17(42)21(44)19(13)31/h5-6,11,14,23,37,42,44H,3-4,7-10,12H2,1-2H3,(H2,32,34)(H,46,47)(H,48,49)(H2,33,36,50)/b35-20-/t14?,23-,30-/m1/s1. The van der Waals surface area contributed by atoms with E-state index in [1.54, 1.807) is 4.72 Å². The number of amides is 5.